The van der Waals surface area contributed by atoms with Crippen molar-refractivity contribution in [1.82, 2.24) is 5.32 Å². The Bertz CT molecular complexity index is 211. The van der Waals surface area contributed by atoms with Gasteiger partial charge in [-0.2, -0.15) is 0 Å². The maximum atomic E-state index is 3.61. The van der Waals surface area contributed by atoms with E-state index in [0.29, 0.717) is 6.04 Å². The Hall–Kier alpha value is -0.480. The average molecular weight is 251 g/mol. The van der Waals surface area contributed by atoms with Crippen molar-refractivity contribution in [3.63, 3.8) is 0 Å². The Morgan fingerprint density at radius 1 is 0.889 bits per heavy atom. The lowest BCUT2D eigenvalue weighted by Gasteiger charge is -2.15. The molecule has 0 radical (unpaired) electrons. The highest BCUT2D eigenvalue weighted by atomic mass is 14.9. The Morgan fingerprint density at radius 2 is 1.56 bits per heavy atom. The van der Waals surface area contributed by atoms with E-state index in [2.05, 4.69) is 31.0 Å². The van der Waals surface area contributed by atoms with Gasteiger partial charge in [-0.05, 0) is 26.3 Å². The fraction of sp³-hybridized carbons (Fsp3) is 0.882. The van der Waals surface area contributed by atoms with Gasteiger partial charge in [0.25, 0.3) is 0 Å². The number of hydrogen-bond donors (Lipinski definition) is 1. The molecule has 1 nitrogen and oxygen atoms in total. The third-order valence-electron chi connectivity index (χ3n) is 3.36. The average Bonchev–Trinajstić information content (AvgIpc) is 2.40. The predicted molar refractivity (Wildman–Crippen MR) is 82.8 cm³/mol. The zero-order chi connectivity index (χ0) is 13.5. The van der Waals surface area contributed by atoms with Crippen LogP contribution in [0.3, 0.4) is 0 Å². The summed E-state index contributed by atoms with van der Waals surface area (Å²) in [6, 6.07) is 0.619. The summed E-state index contributed by atoms with van der Waals surface area (Å²) in [5.74, 6) is 6.22. The molecular weight excluding hydrogens is 218 g/mol. The summed E-state index contributed by atoms with van der Waals surface area (Å²) in [4.78, 5) is 0. The molecule has 0 aliphatic heterocycles. The van der Waals surface area contributed by atoms with Crippen molar-refractivity contribution in [2.45, 2.75) is 91.0 Å². The third-order valence-corrected chi connectivity index (χ3v) is 3.36. The second-order valence-corrected chi connectivity index (χ2v) is 5.19. The molecule has 0 aromatic heterocycles. The van der Waals surface area contributed by atoms with E-state index in [-0.39, 0.29) is 0 Å². The van der Waals surface area contributed by atoms with Gasteiger partial charge in [0.2, 0.25) is 0 Å². The van der Waals surface area contributed by atoms with Crippen LogP contribution in [0.15, 0.2) is 0 Å². The van der Waals surface area contributed by atoms with E-state index in [0.717, 1.165) is 13.0 Å². The van der Waals surface area contributed by atoms with Gasteiger partial charge in [0.15, 0.2) is 0 Å². The zero-order valence-corrected chi connectivity index (χ0v) is 12.9. The Morgan fingerprint density at radius 3 is 2.17 bits per heavy atom. The molecule has 0 spiro atoms. The molecule has 1 atom stereocenters. The first-order chi connectivity index (χ1) is 8.85. The molecule has 1 heteroatoms. The molecule has 0 heterocycles. The number of rotatable bonds is 12. The van der Waals surface area contributed by atoms with Gasteiger partial charge in [0.1, 0.15) is 0 Å². The minimum Gasteiger partial charge on any atom is -0.313 e. The topological polar surface area (TPSA) is 12.0 Å². The van der Waals surface area contributed by atoms with Gasteiger partial charge in [-0.3, -0.25) is 0 Å². The smallest absolute Gasteiger partial charge is 0.0243 e. The summed E-state index contributed by atoms with van der Waals surface area (Å²) < 4.78 is 0. The molecule has 0 aromatic rings. The fourth-order valence-corrected chi connectivity index (χ4v) is 2.20. The van der Waals surface area contributed by atoms with Crippen LogP contribution in [0.2, 0.25) is 0 Å². The molecule has 0 aromatic carbocycles. The van der Waals surface area contributed by atoms with Crippen LogP contribution in [0, 0.1) is 11.8 Å². The molecule has 0 amide bonds. The van der Waals surface area contributed by atoms with Crippen molar-refractivity contribution < 1.29 is 0 Å². The van der Waals surface area contributed by atoms with Crippen molar-refractivity contribution in [3.8, 4) is 11.8 Å². The van der Waals surface area contributed by atoms with Crippen LogP contribution in [0.1, 0.15) is 85.0 Å². The second kappa shape index (κ2) is 14.6. The van der Waals surface area contributed by atoms with E-state index in [1.165, 1.54) is 57.8 Å². The molecule has 0 aliphatic carbocycles. The van der Waals surface area contributed by atoms with E-state index in [4.69, 9.17) is 0 Å². The van der Waals surface area contributed by atoms with Crippen molar-refractivity contribution >= 4 is 0 Å². The largest absolute Gasteiger partial charge is 0.313 e. The molecule has 1 unspecified atom stereocenters. The highest BCUT2D eigenvalue weighted by Crippen LogP contribution is 2.11. The SMILES string of the molecule is CC#CCC(CCCCCCCCC)NCCC. The summed E-state index contributed by atoms with van der Waals surface area (Å²) in [6.07, 6.45) is 13.3. The molecule has 0 saturated carbocycles. The second-order valence-electron chi connectivity index (χ2n) is 5.19. The van der Waals surface area contributed by atoms with E-state index < -0.39 is 0 Å². The molecule has 0 aliphatic rings. The first-order valence-electron chi connectivity index (χ1n) is 7.98. The first kappa shape index (κ1) is 17.5. The Kier molecular flexibility index (Phi) is 14.2. The maximum Gasteiger partial charge on any atom is 0.0243 e. The summed E-state index contributed by atoms with van der Waals surface area (Å²) in [6.45, 7) is 7.57. The molecule has 0 bridgehead atoms. The van der Waals surface area contributed by atoms with E-state index in [1.807, 2.05) is 6.92 Å². The highest BCUT2D eigenvalue weighted by molar-refractivity contribution is 4.98. The molecule has 0 saturated heterocycles. The zero-order valence-electron chi connectivity index (χ0n) is 12.9. The summed E-state index contributed by atoms with van der Waals surface area (Å²) >= 11 is 0. The standard InChI is InChI=1S/C17H33N/c1-4-7-9-10-11-12-13-15-17(14-8-5-2)18-16-6-3/h17-18H,4,6-7,9-16H2,1-3H3. The predicted octanol–water partition coefficient (Wildman–Crippen LogP) is 4.91. The fourth-order valence-electron chi connectivity index (χ4n) is 2.20. The molecule has 0 rings (SSSR count). The number of nitrogens with one attached hydrogen (secondary N) is 1. The number of hydrogen-bond acceptors (Lipinski definition) is 1. The minimum atomic E-state index is 0.619. The minimum absolute atomic E-state index is 0.619. The summed E-state index contributed by atoms with van der Waals surface area (Å²) in [7, 11) is 0. The van der Waals surface area contributed by atoms with Crippen LogP contribution in [-0.4, -0.2) is 12.6 Å². The van der Waals surface area contributed by atoms with Crippen LogP contribution < -0.4 is 5.32 Å². The first-order valence-corrected chi connectivity index (χ1v) is 7.98. The quantitative estimate of drug-likeness (QED) is 0.384. The van der Waals surface area contributed by atoms with Crippen molar-refractivity contribution in [2.24, 2.45) is 0 Å². The van der Waals surface area contributed by atoms with Gasteiger partial charge in [-0.1, -0.05) is 58.8 Å². The monoisotopic (exact) mass is 251 g/mol. The molecule has 0 fully saturated rings. The highest BCUT2D eigenvalue weighted by Gasteiger charge is 2.05. The lowest BCUT2D eigenvalue weighted by molar-refractivity contribution is 0.458. The van der Waals surface area contributed by atoms with E-state index >= 15 is 0 Å². The lowest BCUT2D eigenvalue weighted by Crippen LogP contribution is -2.29. The van der Waals surface area contributed by atoms with Gasteiger partial charge in [0, 0.05) is 12.5 Å². The van der Waals surface area contributed by atoms with Gasteiger partial charge in [-0.15, -0.1) is 11.8 Å². The van der Waals surface area contributed by atoms with Crippen LogP contribution in [0.25, 0.3) is 0 Å². The Labute approximate surface area is 115 Å². The maximum absolute atomic E-state index is 3.61. The normalized spacial score (nSPS) is 11.9. The van der Waals surface area contributed by atoms with Crippen molar-refractivity contribution in [2.75, 3.05) is 6.54 Å². The van der Waals surface area contributed by atoms with Gasteiger partial charge >= 0.3 is 0 Å². The van der Waals surface area contributed by atoms with Gasteiger partial charge in [0.05, 0.1) is 0 Å². The molecule has 18 heavy (non-hydrogen) atoms. The van der Waals surface area contributed by atoms with Gasteiger partial charge in [-0.25, -0.2) is 0 Å². The lowest BCUT2D eigenvalue weighted by atomic mass is 10.0. The van der Waals surface area contributed by atoms with Crippen molar-refractivity contribution in [3.05, 3.63) is 0 Å². The van der Waals surface area contributed by atoms with Crippen molar-refractivity contribution in [1.29, 1.82) is 0 Å². The third kappa shape index (κ3) is 12.0. The summed E-state index contributed by atoms with van der Waals surface area (Å²) in [5.41, 5.74) is 0. The molecule has 1 N–H and O–H groups in total. The van der Waals surface area contributed by atoms with E-state index in [9.17, 15) is 0 Å². The number of unbranched alkanes of at least 4 members (excludes halogenated alkanes) is 6. The van der Waals surface area contributed by atoms with Crippen LogP contribution >= 0.6 is 0 Å². The van der Waals surface area contributed by atoms with Crippen LogP contribution in [0.5, 0.6) is 0 Å². The molecule has 106 valence electrons. The summed E-state index contributed by atoms with van der Waals surface area (Å²) in [5, 5.41) is 3.61. The van der Waals surface area contributed by atoms with Crippen LogP contribution in [-0.2, 0) is 0 Å². The molecular formula is C17H33N. The van der Waals surface area contributed by atoms with E-state index in [1.54, 1.807) is 0 Å². The van der Waals surface area contributed by atoms with Gasteiger partial charge < -0.3 is 5.32 Å². The Balaban J connectivity index is 3.51. The van der Waals surface area contributed by atoms with Crippen LogP contribution in [0.4, 0.5) is 0 Å².